The van der Waals surface area contributed by atoms with Crippen molar-refractivity contribution in [2.45, 2.75) is 32.5 Å². The number of nitrogens with zero attached hydrogens (tertiary/aromatic N) is 2. The van der Waals surface area contributed by atoms with Gasteiger partial charge in [-0.1, -0.05) is 60.5 Å². The lowest BCUT2D eigenvalue weighted by molar-refractivity contribution is 0.0343. The Morgan fingerprint density at radius 1 is 1.10 bits per heavy atom. The number of hydrogen-bond acceptors (Lipinski definition) is 5. The monoisotopic (exact) mass is 584 g/mol. The molecule has 1 aliphatic heterocycles. The van der Waals surface area contributed by atoms with Crippen molar-refractivity contribution in [2.75, 3.05) is 37.4 Å². The third kappa shape index (κ3) is 7.26. The lowest BCUT2D eigenvalue weighted by Crippen LogP contribution is -2.49. The maximum Gasteiger partial charge on any atom is 0.323 e. The van der Waals surface area contributed by atoms with E-state index in [1.165, 1.54) is 0 Å². The van der Waals surface area contributed by atoms with Crippen LogP contribution in [0.15, 0.2) is 66.7 Å². The van der Waals surface area contributed by atoms with Gasteiger partial charge in [0.1, 0.15) is 6.10 Å². The number of ether oxygens (including phenoxy) is 1. The van der Waals surface area contributed by atoms with Crippen molar-refractivity contribution in [1.82, 2.24) is 9.80 Å². The van der Waals surface area contributed by atoms with Crippen molar-refractivity contribution < 1.29 is 19.4 Å². The van der Waals surface area contributed by atoms with Crippen molar-refractivity contribution in [1.29, 1.82) is 0 Å². The first kappa shape index (κ1) is 29.7. The summed E-state index contributed by atoms with van der Waals surface area (Å²) in [5.74, 6) is -0.0583. The third-order valence-electron chi connectivity index (χ3n) is 6.90. The van der Waals surface area contributed by atoms with Crippen LogP contribution in [0.4, 0.5) is 16.2 Å². The third-order valence-corrected chi connectivity index (χ3v) is 7.64. The van der Waals surface area contributed by atoms with Crippen molar-refractivity contribution in [2.24, 2.45) is 5.92 Å². The van der Waals surface area contributed by atoms with Crippen LogP contribution >= 0.6 is 23.2 Å². The van der Waals surface area contributed by atoms with Gasteiger partial charge >= 0.3 is 6.03 Å². The number of aliphatic hydroxyl groups excluding tert-OH is 1. The minimum atomic E-state index is -0.459. The van der Waals surface area contributed by atoms with Gasteiger partial charge in [-0.3, -0.25) is 9.69 Å². The van der Waals surface area contributed by atoms with Crippen LogP contribution in [0.1, 0.15) is 29.8 Å². The average Bonchev–Trinajstić information content (AvgIpc) is 2.93. The Balaban J connectivity index is 1.63. The summed E-state index contributed by atoms with van der Waals surface area (Å²) in [6.45, 7) is 5.19. The van der Waals surface area contributed by atoms with Crippen LogP contribution in [0.25, 0.3) is 0 Å². The predicted octanol–water partition coefficient (Wildman–Crippen LogP) is 5.99. The quantitative estimate of drug-likeness (QED) is 0.302. The number of halogens is 2. The molecule has 3 atom stereocenters. The molecule has 212 valence electrons. The van der Waals surface area contributed by atoms with Gasteiger partial charge in [0.2, 0.25) is 0 Å². The van der Waals surface area contributed by atoms with E-state index in [0.717, 1.165) is 5.56 Å². The van der Waals surface area contributed by atoms with Crippen molar-refractivity contribution >= 4 is 46.5 Å². The molecule has 3 N–H and O–H groups in total. The van der Waals surface area contributed by atoms with E-state index >= 15 is 0 Å². The van der Waals surface area contributed by atoms with Crippen LogP contribution in [0, 0.1) is 5.92 Å². The first-order chi connectivity index (χ1) is 19.2. The molecular weight excluding hydrogens is 551 g/mol. The molecule has 0 saturated heterocycles. The number of aliphatic hydroxyl groups is 1. The van der Waals surface area contributed by atoms with E-state index < -0.39 is 12.1 Å². The Morgan fingerprint density at radius 2 is 1.85 bits per heavy atom. The molecule has 1 aliphatic rings. The lowest BCUT2D eigenvalue weighted by Gasteiger charge is -2.38. The number of benzene rings is 3. The molecule has 0 aromatic heterocycles. The molecule has 0 fully saturated rings. The highest BCUT2D eigenvalue weighted by Gasteiger charge is 2.34. The number of likely N-dealkylation sites (N-methyl/N-ethyl adjacent to an activating group) is 1. The number of para-hydroxylation sites is 2. The molecular formula is C30H34Cl2N4O4. The number of hydrogen-bond donors (Lipinski definition) is 3. The van der Waals surface area contributed by atoms with Crippen molar-refractivity contribution in [3.63, 3.8) is 0 Å². The molecule has 1 heterocycles. The highest BCUT2D eigenvalue weighted by Crippen LogP contribution is 2.35. The van der Waals surface area contributed by atoms with Gasteiger partial charge < -0.3 is 25.4 Å². The van der Waals surface area contributed by atoms with Gasteiger partial charge in [-0.2, -0.15) is 0 Å². The van der Waals surface area contributed by atoms with Crippen LogP contribution in [0.5, 0.6) is 5.75 Å². The fraction of sp³-hybridized carbons (Fsp3) is 0.333. The van der Waals surface area contributed by atoms with Gasteiger partial charge in [0.05, 0.1) is 33.9 Å². The maximum absolute atomic E-state index is 13.7. The summed E-state index contributed by atoms with van der Waals surface area (Å²) in [6.07, 6.45) is -0.340. The first-order valence-electron chi connectivity index (χ1n) is 13.1. The van der Waals surface area contributed by atoms with Gasteiger partial charge in [-0.25, -0.2) is 4.79 Å². The van der Waals surface area contributed by atoms with Crippen LogP contribution in [0.3, 0.4) is 0 Å². The molecule has 40 heavy (non-hydrogen) atoms. The molecule has 8 nitrogen and oxygen atoms in total. The topological polar surface area (TPSA) is 94.1 Å². The van der Waals surface area contributed by atoms with Crippen LogP contribution in [0.2, 0.25) is 10.0 Å². The molecule has 0 spiro atoms. The van der Waals surface area contributed by atoms with Crippen molar-refractivity contribution in [3.05, 3.63) is 87.9 Å². The zero-order valence-corrected chi connectivity index (χ0v) is 24.2. The van der Waals surface area contributed by atoms with E-state index in [9.17, 15) is 14.7 Å². The van der Waals surface area contributed by atoms with Gasteiger partial charge in [0.25, 0.3) is 5.91 Å². The lowest BCUT2D eigenvalue weighted by atomic mass is 9.99. The largest absolute Gasteiger partial charge is 0.486 e. The number of fused-ring (bicyclic) bond motifs is 1. The molecule has 3 amide bonds. The summed E-state index contributed by atoms with van der Waals surface area (Å²) in [6, 6.07) is 18.9. The molecule has 10 heteroatoms. The minimum absolute atomic E-state index is 0.0893. The molecule has 0 saturated carbocycles. The zero-order valence-electron chi connectivity index (χ0n) is 22.7. The van der Waals surface area contributed by atoms with E-state index in [1.807, 2.05) is 51.2 Å². The van der Waals surface area contributed by atoms with Gasteiger partial charge in [-0.15, -0.1) is 0 Å². The summed E-state index contributed by atoms with van der Waals surface area (Å²) in [5.41, 5.74) is 2.33. The first-order valence-corrected chi connectivity index (χ1v) is 13.9. The summed E-state index contributed by atoms with van der Waals surface area (Å²) in [5, 5.41) is 16.6. The van der Waals surface area contributed by atoms with E-state index in [-0.39, 0.29) is 24.5 Å². The fourth-order valence-corrected chi connectivity index (χ4v) is 5.01. The highest BCUT2D eigenvalue weighted by atomic mass is 35.5. The van der Waals surface area contributed by atoms with Gasteiger partial charge in [0, 0.05) is 31.2 Å². The molecule has 4 rings (SSSR count). The normalized spacial score (nSPS) is 17.9. The number of rotatable bonds is 8. The number of carbonyl (C=O) groups is 2. The molecule has 3 aromatic carbocycles. The summed E-state index contributed by atoms with van der Waals surface area (Å²) < 4.78 is 6.57. The number of carbonyl (C=O) groups excluding carboxylic acids is 2. The maximum atomic E-state index is 13.7. The Kier molecular flexibility index (Phi) is 9.92. The Morgan fingerprint density at radius 3 is 2.55 bits per heavy atom. The van der Waals surface area contributed by atoms with E-state index in [1.54, 1.807) is 41.3 Å². The van der Waals surface area contributed by atoms with Gasteiger partial charge in [-0.05, 0) is 55.9 Å². The molecule has 0 bridgehead atoms. The predicted molar refractivity (Wildman–Crippen MR) is 159 cm³/mol. The number of anilines is 2. The Labute approximate surface area is 244 Å². The standard InChI is InChI=1S/C30H34Cl2N4O4/c1-19-15-36(20(2)18-37)29(38)23-10-7-11-26(34-30(39)33-22-8-5-4-6-9-22)28(23)40-27(19)17-35(3)16-21-12-13-24(31)25(32)14-21/h4-14,19-20,27,37H,15-18H2,1-3H3,(H2,33,34,39)/t19-,20+,27-/m0/s1. The SMILES string of the molecule is C[C@H](CO)N1C[C@H](C)[C@H](CN(C)Cc2ccc(Cl)c(Cl)c2)Oc2c(NC(=O)Nc3ccccc3)cccc2C1=O. The Bertz CT molecular complexity index is 1340. The summed E-state index contributed by atoms with van der Waals surface area (Å²) in [7, 11) is 1.98. The van der Waals surface area contributed by atoms with Crippen LogP contribution in [-0.4, -0.2) is 65.7 Å². The smallest absolute Gasteiger partial charge is 0.323 e. The second-order valence-corrected chi connectivity index (χ2v) is 11.0. The molecule has 0 unspecified atom stereocenters. The van der Waals surface area contributed by atoms with E-state index in [2.05, 4.69) is 15.5 Å². The van der Waals surface area contributed by atoms with Crippen LogP contribution < -0.4 is 15.4 Å². The summed E-state index contributed by atoms with van der Waals surface area (Å²) >= 11 is 12.3. The molecule has 0 radical (unpaired) electrons. The number of urea groups is 1. The van der Waals surface area contributed by atoms with Crippen molar-refractivity contribution in [3.8, 4) is 5.75 Å². The zero-order chi connectivity index (χ0) is 28.8. The number of nitrogens with one attached hydrogen (secondary N) is 2. The fourth-order valence-electron chi connectivity index (χ4n) is 4.69. The second kappa shape index (κ2) is 13.4. The minimum Gasteiger partial charge on any atom is -0.486 e. The van der Waals surface area contributed by atoms with E-state index in [0.29, 0.717) is 52.4 Å². The van der Waals surface area contributed by atoms with E-state index in [4.69, 9.17) is 27.9 Å². The Hall–Kier alpha value is -3.30. The van der Waals surface area contributed by atoms with Gasteiger partial charge in [0.15, 0.2) is 5.75 Å². The highest BCUT2D eigenvalue weighted by molar-refractivity contribution is 6.42. The number of amides is 3. The van der Waals surface area contributed by atoms with Crippen LogP contribution in [-0.2, 0) is 6.54 Å². The molecule has 3 aromatic rings. The average molecular weight is 586 g/mol. The summed E-state index contributed by atoms with van der Waals surface area (Å²) in [4.78, 5) is 30.3. The second-order valence-electron chi connectivity index (χ2n) is 10.2. The molecule has 0 aliphatic carbocycles.